The van der Waals surface area contributed by atoms with Crippen LogP contribution in [0.4, 0.5) is 0 Å². The molecule has 1 unspecified atom stereocenters. The number of nitrogens with zero attached hydrogens (tertiary/aromatic N) is 1. The molecule has 2 aromatic carbocycles. The highest BCUT2D eigenvalue weighted by molar-refractivity contribution is 5.62. The topological polar surface area (TPSA) is 4.93 Å². The molecule has 1 nitrogen and oxygen atoms in total. The number of benzene rings is 2. The van der Waals surface area contributed by atoms with Gasteiger partial charge in [0.15, 0.2) is 0 Å². The Balaban J connectivity index is 1.90. The highest BCUT2D eigenvalue weighted by Crippen LogP contribution is 2.24. The Morgan fingerprint density at radius 3 is 2.05 bits per heavy atom. The van der Waals surface area contributed by atoms with E-state index in [9.17, 15) is 0 Å². The first-order chi connectivity index (χ1) is 9.34. The first-order valence-corrected chi connectivity index (χ1v) is 6.62. The summed E-state index contributed by atoms with van der Waals surface area (Å²) in [5, 5.41) is 0. The minimum atomic E-state index is 0.360. The zero-order valence-electron chi connectivity index (χ0n) is 11.0. The monoisotopic (exact) mass is 247 g/mol. The maximum atomic E-state index is 2.26. The molecule has 0 fully saturated rings. The van der Waals surface area contributed by atoms with Gasteiger partial charge in [0.25, 0.3) is 0 Å². The van der Waals surface area contributed by atoms with E-state index in [1.807, 2.05) is 6.07 Å². The second kappa shape index (κ2) is 5.15. The summed E-state index contributed by atoms with van der Waals surface area (Å²) in [6.45, 7) is 2.23. The fraction of sp³-hybridized carbons (Fsp3) is 0.111. The SMILES string of the molecule is CC(c1ccccc1)n1ccc(-c2ccccc2)c1. The average Bonchev–Trinajstić information content (AvgIpc) is 2.98. The number of hydrogen-bond donors (Lipinski definition) is 0. The summed E-state index contributed by atoms with van der Waals surface area (Å²) in [5.41, 5.74) is 3.86. The highest BCUT2D eigenvalue weighted by Gasteiger charge is 2.07. The summed E-state index contributed by atoms with van der Waals surface area (Å²) < 4.78 is 2.26. The first-order valence-electron chi connectivity index (χ1n) is 6.62. The quantitative estimate of drug-likeness (QED) is 0.628. The van der Waals surface area contributed by atoms with Gasteiger partial charge in [0, 0.05) is 12.4 Å². The Hall–Kier alpha value is -2.28. The van der Waals surface area contributed by atoms with Crippen molar-refractivity contribution >= 4 is 0 Å². The van der Waals surface area contributed by atoms with Crippen LogP contribution in [0.15, 0.2) is 79.1 Å². The maximum absolute atomic E-state index is 2.26. The van der Waals surface area contributed by atoms with Crippen LogP contribution in [0.3, 0.4) is 0 Å². The molecule has 0 radical (unpaired) electrons. The minimum absolute atomic E-state index is 0.360. The standard InChI is InChI=1S/C18H17N/c1-15(16-8-4-2-5-9-16)19-13-12-18(14-19)17-10-6-3-7-11-17/h2-15H,1H3. The molecule has 19 heavy (non-hydrogen) atoms. The third-order valence-electron chi connectivity index (χ3n) is 3.55. The lowest BCUT2D eigenvalue weighted by Crippen LogP contribution is -2.03. The summed E-state index contributed by atoms with van der Waals surface area (Å²) in [4.78, 5) is 0. The molecule has 0 spiro atoms. The van der Waals surface area contributed by atoms with E-state index in [1.54, 1.807) is 0 Å². The Labute approximate surface area is 114 Å². The van der Waals surface area contributed by atoms with Crippen molar-refractivity contribution in [2.24, 2.45) is 0 Å². The largest absolute Gasteiger partial charge is 0.347 e. The molecule has 1 heterocycles. The first kappa shape index (κ1) is 11.8. The molecule has 0 aliphatic rings. The minimum Gasteiger partial charge on any atom is -0.347 e. The fourth-order valence-corrected chi connectivity index (χ4v) is 2.36. The van der Waals surface area contributed by atoms with Crippen molar-refractivity contribution in [3.05, 3.63) is 84.7 Å². The summed E-state index contributed by atoms with van der Waals surface area (Å²) in [5.74, 6) is 0. The Morgan fingerprint density at radius 2 is 1.37 bits per heavy atom. The number of hydrogen-bond acceptors (Lipinski definition) is 0. The summed E-state index contributed by atoms with van der Waals surface area (Å²) >= 11 is 0. The average molecular weight is 247 g/mol. The molecule has 1 heteroatoms. The van der Waals surface area contributed by atoms with Crippen molar-refractivity contribution in [1.29, 1.82) is 0 Å². The van der Waals surface area contributed by atoms with Crippen LogP contribution in [0.5, 0.6) is 0 Å². The van der Waals surface area contributed by atoms with E-state index in [1.165, 1.54) is 16.7 Å². The van der Waals surface area contributed by atoms with Crippen LogP contribution < -0.4 is 0 Å². The zero-order valence-corrected chi connectivity index (χ0v) is 11.0. The van der Waals surface area contributed by atoms with Gasteiger partial charge in [-0.3, -0.25) is 0 Å². The van der Waals surface area contributed by atoms with E-state index < -0.39 is 0 Å². The van der Waals surface area contributed by atoms with Crippen molar-refractivity contribution in [3.63, 3.8) is 0 Å². The van der Waals surface area contributed by atoms with Gasteiger partial charge in [0.1, 0.15) is 0 Å². The van der Waals surface area contributed by atoms with Crippen molar-refractivity contribution in [1.82, 2.24) is 4.57 Å². The predicted molar refractivity (Wildman–Crippen MR) is 80.1 cm³/mol. The molecule has 94 valence electrons. The van der Waals surface area contributed by atoms with Crippen LogP contribution in [0, 0.1) is 0 Å². The van der Waals surface area contributed by atoms with Gasteiger partial charge in [-0.15, -0.1) is 0 Å². The molecule has 0 aliphatic heterocycles. The van der Waals surface area contributed by atoms with Crippen molar-refractivity contribution < 1.29 is 0 Å². The Bertz CT molecular complexity index is 638. The predicted octanol–water partition coefficient (Wildman–Crippen LogP) is 4.76. The van der Waals surface area contributed by atoms with Gasteiger partial charge in [-0.25, -0.2) is 0 Å². The van der Waals surface area contributed by atoms with Crippen LogP contribution in [0.25, 0.3) is 11.1 Å². The summed E-state index contributed by atoms with van der Waals surface area (Å²) in [7, 11) is 0. The van der Waals surface area contributed by atoms with E-state index >= 15 is 0 Å². The van der Waals surface area contributed by atoms with E-state index in [0.29, 0.717) is 6.04 Å². The third-order valence-corrected chi connectivity index (χ3v) is 3.55. The smallest absolute Gasteiger partial charge is 0.0552 e. The molecule has 0 bridgehead atoms. The molecular weight excluding hydrogens is 230 g/mol. The van der Waals surface area contributed by atoms with Crippen LogP contribution >= 0.6 is 0 Å². The Kier molecular flexibility index (Phi) is 3.20. The van der Waals surface area contributed by atoms with E-state index in [2.05, 4.69) is 84.5 Å². The molecule has 0 amide bonds. The number of rotatable bonds is 3. The van der Waals surface area contributed by atoms with Crippen molar-refractivity contribution in [2.45, 2.75) is 13.0 Å². The van der Waals surface area contributed by atoms with Crippen LogP contribution in [0.2, 0.25) is 0 Å². The van der Waals surface area contributed by atoms with Gasteiger partial charge in [0.2, 0.25) is 0 Å². The molecule has 0 N–H and O–H groups in total. The van der Waals surface area contributed by atoms with Crippen molar-refractivity contribution in [3.8, 4) is 11.1 Å². The molecule has 0 aliphatic carbocycles. The summed E-state index contributed by atoms with van der Waals surface area (Å²) in [6, 6.07) is 23.6. The maximum Gasteiger partial charge on any atom is 0.0552 e. The van der Waals surface area contributed by atoms with Gasteiger partial charge in [-0.1, -0.05) is 60.7 Å². The normalized spacial score (nSPS) is 12.3. The number of aromatic nitrogens is 1. The molecule has 3 aromatic rings. The highest BCUT2D eigenvalue weighted by atomic mass is 15.0. The second-order valence-corrected chi connectivity index (χ2v) is 4.80. The van der Waals surface area contributed by atoms with E-state index in [-0.39, 0.29) is 0 Å². The van der Waals surface area contributed by atoms with Gasteiger partial charge in [0.05, 0.1) is 6.04 Å². The molecule has 1 aromatic heterocycles. The second-order valence-electron chi connectivity index (χ2n) is 4.80. The fourth-order valence-electron chi connectivity index (χ4n) is 2.36. The summed E-state index contributed by atoms with van der Waals surface area (Å²) in [6.07, 6.45) is 4.37. The molecular formula is C18H17N. The van der Waals surface area contributed by atoms with E-state index in [4.69, 9.17) is 0 Å². The Morgan fingerprint density at radius 1 is 0.737 bits per heavy atom. The van der Waals surface area contributed by atoms with Crippen LogP contribution in [-0.4, -0.2) is 4.57 Å². The van der Waals surface area contributed by atoms with Gasteiger partial charge < -0.3 is 4.57 Å². The van der Waals surface area contributed by atoms with E-state index in [0.717, 1.165) is 0 Å². The lowest BCUT2D eigenvalue weighted by molar-refractivity contribution is 0.643. The molecule has 1 atom stereocenters. The van der Waals surface area contributed by atoms with Crippen LogP contribution in [0.1, 0.15) is 18.5 Å². The molecule has 0 saturated carbocycles. The molecule has 0 saturated heterocycles. The van der Waals surface area contributed by atoms with Gasteiger partial charge in [-0.2, -0.15) is 0 Å². The molecule has 3 rings (SSSR count). The lowest BCUT2D eigenvalue weighted by atomic mass is 10.1. The third kappa shape index (κ3) is 2.45. The lowest BCUT2D eigenvalue weighted by Gasteiger charge is -2.13. The zero-order chi connectivity index (χ0) is 13.1. The van der Waals surface area contributed by atoms with Gasteiger partial charge in [-0.05, 0) is 29.7 Å². The van der Waals surface area contributed by atoms with Gasteiger partial charge >= 0.3 is 0 Å². The van der Waals surface area contributed by atoms with Crippen molar-refractivity contribution in [2.75, 3.05) is 0 Å². The van der Waals surface area contributed by atoms with Crippen LogP contribution in [-0.2, 0) is 0 Å².